The molecule has 9 nitrogen and oxygen atoms in total. The zero-order valence-corrected chi connectivity index (χ0v) is 18.5. The minimum absolute atomic E-state index is 0.114. The summed E-state index contributed by atoms with van der Waals surface area (Å²) in [6.45, 7) is -0.303. The summed E-state index contributed by atoms with van der Waals surface area (Å²) in [4.78, 5) is -0.490. The van der Waals surface area contributed by atoms with Gasteiger partial charge in [0.15, 0.2) is 11.5 Å². The van der Waals surface area contributed by atoms with Crippen LogP contribution in [0.15, 0.2) is 65.6 Å². The van der Waals surface area contributed by atoms with Crippen LogP contribution in [0.3, 0.4) is 0 Å². The number of hydrogen-bond acceptors (Lipinski definition) is 7. The number of sulfonamides is 1. The second-order valence-corrected chi connectivity index (χ2v) is 8.73. The molecule has 178 valence electrons. The number of alkyl halides is 3. The minimum atomic E-state index is -4.65. The molecule has 0 aliphatic carbocycles. The van der Waals surface area contributed by atoms with E-state index in [9.17, 15) is 21.6 Å². The first-order chi connectivity index (χ1) is 16.2. The summed E-state index contributed by atoms with van der Waals surface area (Å²) in [7, 11) is -2.60. The highest BCUT2D eigenvalue weighted by Crippen LogP contribution is 2.30. The number of hydrogen-bond donors (Lipinski definition) is 1. The number of rotatable bonds is 8. The van der Waals surface area contributed by atoms with Crippen molar-refractivity contribution in [2.24, 2.45) is 0 Å². The third kappa shape index (κ3) is 5.10. The molecule has 0 amide bonds. The van der Waals surface area contributed by atoms with Crippen molar-refractivity contribution in [3.05, 3.63) is 66.2 Å². The van der Waals surface area contributed by atoms with Crippen molar-refractivity contribution in [2.45, 2.75) is 11.1 Å². The molecule has 34 heavy (non-hydrogen) atoms. The summed E-state index contributed by atoms with van der Waals surface area (Å²) in [6, 6.07) is 13.8. The van der Waals surface area contributed by atoms with E-state index in [0.717, 1.165) is 23.8 Å². The van der Waals surface area contributed by atoms with E-state index in [1.807, 2.05) is 0 Å². The first-order valence-electron chi connectivity index (χ1n) is 9.84. The van der Waals surface area contributed by atoms with E-state index in [4.69, 9.17) is 9.47 Å². The lowest BCUT2D eigenvalue weighted by atomic mass is 10.2. The number of aromatic nitrogens is 4. The number of nitrogens with zero attached hydrogens (tertiary/aromatic N) is 4. The minimum Gasteiger partial charge on any atom is -0.497 e. The summed E-state index contributed by atoms with van der Waals surface area (Å²) in [5.41, 5.74) is 0.168. The number of benzene rings is 2. The molecule has 13 heteroatoms. The highest BCUT2D eigenvalue weighted by molar-refractivity contribution is 7.89. The molecule has 0 saturated carbocycles. The summed E-state index contributed by atoms with van der Waals surface area (Å²) in [5, 5.41) is 12.5. The van der Waals surface area contributed by atoms with E-state index < -0.39 is 26.7 Å². The Morgan fingerprint density at radius 1 is 1.03 bits per heavy atom. The molecule has 2 heterocycles. The maximum absolute atomic E-state index is 12.9. The molecule has 4 rings (SSSR count). The molecule has 0 saturated heterocycles. The predicted molar refractivity (Wildman–Crippen MR) is 115 cm³/mol. The van der Waals surface area contributed by atoms with Crippen molar-refractivity contribution in [3.8, 4) is 23.0 Å². The van der Waals surface area contributed by atoms with Crippen molar-refractivity contribution in [2.75, 3.05) is 20.3 Å². The number of nitrogens with one attached hydrogen (secondary N) is 1. The van der Waals surface area contributed by atoms with Gasteiger partial charge in [-0.1, -0.05) is 6.07 Å². The molecule has 2 aromatic carbocycles. The highest BCUT2D eigenvalue weighted by atomic mass is 32.2. The molecule has 0 aliphatic rings. The molecule has 0 fully saturated rings. The first-order valence-corrected chi connectivity index (χ1v) is 11.3. The molecule has 0 spiro atoms. The maximum Gasteiger partial charge on any atom is 0.416 e. The van der Waals surface area contributed by atoms with Crippen LogP contribution in [0.1, 0.15) is 5.56 Å². The number of fused-ring (bicyclic) bond motifs is 1. The Morgan fingerprint density at radius 3 is 2.50 bits per heavy atom. The standard InChI is InChI=1S/C21H18F3N5O4S/c1-32-16-7-5-14(6-8-16)20-27-26-18-9-10-19(28-29(18)20)33-12-11-25-34(30,31)17-4-2-3-15(13-17)21(22,23)24/h2-10,13,25H,11-12H2,1H3. The Morgan fingerprint density at radius 2 is 1.79 bits per heavy atom. The van der Waals surface area contributed by atoms with Crippen molar-refractivity contribution in [1.29, 1.82) is 0 Å². The van der Waals surface area contributed by atoms with Gasteiger partial charge in [-0.15, -0.1) is 15.3 Å². The second-order valence-electron chi connectivity index (χ2n) is 6.97. The Balaban J connectivity index is 1.42. The lowest BCUT2D eigenvalue weighted by molar-refractivity contribution is -0.137. The fourth-order valence-electron chi connectivity index (χ4n) is 3.02. The van der Waals surface area contributed by atoms with E-state index in [2.05, 4.69) is 20.0 Å². The lowest BCUT2D eigenvalue weighted by Crippen LogP contribution is -2.28. The van der Waals surface area contributed by atoms with Gasteiger partial charge in [0.05, 0.1) is 17.6 Å². The van der Waals surface area contributed by atoms with Crippen LogP contribution in [-0.2, 0) is 16.2 Å². The van der Waals surface area contributed by atoms with Gasteiger partial charge in [-0.05, 0) is 48.5 Å². The van der Waals surface area contributed by atoms with Crippen molar-refractivity contribution < 1.29 is 31.1 Å². The van der Waals surface area contributed by atoms with E-state index >= 15 is 0 Å². The van der Waals surface area contributed by atoms with Crippen LogP contribution < -0.4 is 14.2 Å². The van der Waals surface area contributed by atoms with Crippen molar-refractivity contribution >= 4 is 15.7 Å². The van der Waals surface area contributed by atoms with E-state index in [1.165, 1.54) is 4.52 Å². The summed E-state index contributed by atoms with van der Waals surface area (Å²) in [5.74, 6) is 1.33. The van der Waals surface area contributed by atoms with E-state index in [0.29, 0.717) is 23.3 Å². The normalized spacial score (nSPS) is 12.1. The van der Waals surface area contributed by atoms with Crippen LogP contribution in [0.4, 0.5) is 13.2 Å². The maximum atomic E-state index is 12.9. The Kier molecular flexibility index (Phi) is 6.39. The second kappa shape index (κ2) is 9.27. The monoisotopic (exact) mass is 493 g/mol. The number of halogens is 3. The Labute approximate surface area is 192 Å². The van der Waals surface area contributed by atoms with Crippen LogP contribution in [0, 0.1) is 0 Å². The molecule has 0 radical (unpaired) electrons. The van der Waals surface area contributed by atoms with Gasteiger partial charge in [-0.25, -0.2) is 13.1 Å². The van der Waals surface area contributed by atoms with Gasteiger partial charge in [-0.3, -0.25) is 0 Å². The van der Waals surface area contributed by atoms with Crippen LogP contribution >= 0.6 is 0 Å². The molecule has 0 bridgehead atoms. The third-order valence-corrected chi connectivity index (χ3v) is 6.16. The largest absolute Gasteiger partial charge is 0.497 e. The van der Waals surface area contributed by atoms with Crippen LogP contribution in [0.25, 0.3) is 17.0 Å². The SMILES string of the molecule is COc1ccc(-c2nnc3ccc(OCCNS(=O)(=O)c4cccc(C(F)(F)F)c4)nn23)cc1. The molecule has 0 atom stereocenters. The van der Waals surface area contributed by atoms with Crippen LogP contribution in [0.2, 0.25) is 0 Å². The summed E-state index contributed by atoms with van der Waals surface area (Å²) in [6.07, 6.45) is -4.65. The van der Waals surface area contributed by atoms with Crippen LogP contribution in [0.5, 0.6) is 11.6 Å². The van der Waals surface area contributed by atoms with Gasteiger partial charge in [0.2, 0.25) is 15.9 Å². The van der Waals surface area contributed by atoms with Gasteiger partial charge in [0, 0.05) is 18.2 Å². The number of methoxy groups -OCH3 is 1. The zero-order valence-electron chi connectivity index (χ0n) is 17.7. The molecule has 0 unspecified atom stereocenters. The summed E-state index contributed by atoms with van der Waals surface area (Å²) >= 11 is 0. The van der Waals surface area contributed by atoms with E-state index in [-0.39, 0.29) is 19.0 Å². The van der Waals surface area contributed by atoms with Gasteiger partial charge in [-0.2, -0.15) is 17.7 Å². The summed E-state index contributed by atoms with van der Waals surface area (Å²) < 4.78 is 77.6. The van der Waals surface area contributed by atoms with E-state index in [1.54, 1.807) is 43.5 Å². The quantitative estimate of drug-likeness (QED) is 0.376. The molecule has 1 N–H and O–H groups in total. The smallest absolute Gasteiger partial charge is 0.416 e. The van der Waals surface area contributed by atoms with Crippen LogP contribution in [-0.4, -0.2) is 48.5 Å². The van der Waals surface area contributed by atoms with Gasteiger partial charge in [0.25, 0.3) is 0 Å². The Bertz CT molecular complexity index is 1410. The van der Waals surface area contributed by atoms with Gasteiger partial charge >= 0.3 is 6.18 Å². The molecular formula is C21H18F3N5O4S. The fraction of sp³-hybridized carbons (Fsp3) is 0.190. The molecule has 2 aromatic heterocycles. The van der Waals surface area contributed by atoms with Crippen molar-refractivity contribution in [1.82, 2.24) is 24.5 Å². The fourth-order valence-corrected chi connectivity index (χ4v) is 4.08. The zero-order chi connectivity index (χ0) is 24.3. The molecule has 0 aliphatic heterocycles. The predicted octanol–water partition coefficient (Wildman–Crippen LogP) is 3.18. The first kappa shape index (κ1) is 23.4. The van der Waals surface area contributed by atoms with Crippen molar-refractivity contribution in [3.63, 3.8) is 0 Å². The molecule has 4 aromatic rings. The Hall–Kier alpha value is -3.71. The average Bonchev–Trinajstić information content (AvgIpc) is 3.25. The average molecular weight is 493 g/mol. The van der Waals surface area contributed by atoms with Gasteiger partial charge in [0.1, 0.15) is 12.4 Å². The number of ether oxygens (including phenoxy) is 2. The molecular weight excluding hydrogens is 475 g/mol. The highest BCUT2D eigenvalue weighted by Gasteiger charge is 2.31. The lowest BCUT2D eigenvalue weighted by Gasteiger charge is -2.11. The van der Waals surface area contributed by atoms with Gasteiger partial charge < -0.3 is 9.47 Å². The topological polar surface area (TPSA) is 108 Å². The third-order valence-electron chi connectivity index (χ3n) is 4.70.